The topological polar surface area (TPSA) is 29.0 Å². The van der Waals surface area contributed by atoms with Gasteiger partial charge in [0.1, 0.15) is 12.1 Å². The van der Waals surface area contributed by atoms with E-state index in [1.807, 2.05) is 11.9 Å². The molecule has 0 spiro atoms. The van der Waals surface area contributed by atoms with E-state index in [0.29, 0.717) is 5.82 Å². The van der Waals surface area contributed by atoms with Crippen molar-refractivity contribution in [2.75, 3.05) is 11.9 Å². The van der Waals surface area contributed by atoms with E-state index in [9.17, 15) is 4.39 Å². The molecule has 1 heterocycles. The summed E-state index contributed by atoms with van der Waals surface area (Å²) in [6, 6.07) is 1.34. The van der Waals surface area contributed by atoms with Crippen LogP contribution in [0.1, 0.15) is 27.2 Å². The number of anilines is 1. The summed E-state index contributed by atoms with van der Waals surface area (Å²) in [6.07, 6.45) is 2.21. The molecular formula is C10H16FN3. The fraction of sp³-hybridized carbons (Fsp3) is 0.600. The van der Waals surface area contributed by atoms with E-state index < -0.39 is 5.95 Å². The molecule has 0 fully saturated rings. The third kappa shape index (κ3) is 2.19. The minimum Gasteiger partial charge on any atom is -0.354 e. The summed E-state index contributed by atoms with van der Waals surface area (Å²) < 4.78 is 12.8. The summed E-state index contributed by atoms with van der Waals surface area (Å²) in [5, 5.41) is 0. The van der Waals surface area contributed by atoms with Gasteiger partial charge >= 0.3 is 0 Å². The normalized spacial score (nSPS) is 11.5. The van der Waals surface area contributed by atoms with Gasteiger partial charge in [0, 0.05) is 18.7 Å². The van der Waals surface area contributed by atoms with Crippen LogP contribution in [-0.4, -0.2) is 22.6 Å². The van der Waals surface area contributed by atoms with Gasteiger partial charge in [0.25, 0.3) is 0 Å². The zero-order valence-electron chi connectivity index (χ0n) is 9.08. The molecule has 0 saturated heterocycles. The van der Waals surface area contributed by atoms with Crippen molar-refractivity contribution in [1.82, 2.24) is 9.97 Å². The molecule has 1 aromatic heterocycles. The van der Waals surface area contributed by atoms with E-state index in [4.69, 9.17) is 0 Å². The summed E-state index contributed by atoms with van der Waals surface area (Å²) >= 11 is 0. The van der Waals surface area contributed by atoms with Crippen LogP contribution in [0.5, 0.6) is 0 Å². The van der Waals surface area contributed by atoms with Crippen LogP contribution in [0, 0.1) is 5.95 Å². The largest absolute Gasteiger partial charge is 0.354 e. The summed E-state index contributed by atoms with van der Waals surface area (Å²) in [5.41, 5.74) is -0.0270. The molecule has 0 N–H and O–H groups in total. The highest BCUT2D eigenvalue weighted by Gasteiger charge is 2.22. The molecule has 78 valence electrons. The van der Waals surface area contributed by atoms with Crippen molar-refractivity contribution in [3.05, 3.63) is 18.3 Å². The number of rotatable bonds is 3. The lowest BCUT2D eigenvalue weighted by molar-refractivity contribution is 0.464. The average molecular weight is 197 g/mol. The second-order valence-electron chi connectivity index (χ2n) is 3.92. The lowest BCUT2D eigenvalue weighted by atomic mass is 10.0. The minimum atomic E-state index is -0.492. The molecule has 0 bridgehead atoms. The molecular weight excluding hydrogens is 181 g/mol. The van der Waals surface area contributed by atoms with Gasteiger partial charge in [0.2, 0.25) is 5.95 Å². The minimum absolute atomic E-state index is 0.0270. The van der Waals surface area contributed by atoms with Gasteiger partial charge in [-0.05, 0) is 20.3 Å². The van der Waals surface area contributed by atoms with Gasteiger partial charge in [-0.15, -0.1) is 0 Å². The first-order valence-corrected chi connectivity index (χ1v) is 4.69. The molecule has 0 aliphatic carbocycles. The second kappa shape index (κ2) is 3.90. The second-order valence-corrected chi connectivity index (χ2v) is 3.92. The summed E-state index contributed by atoms with van der Waals surface area (Å²) in [5.74, 6) is 0.123. The van der Waals surface area contributed by atoms with Gasteiger partial charge < -0.3 is 4.90 Å². The Morgan fingerprint density at radius 2 is 2.07 bits per heavy atom. The lowest BCUT2D eigenvalue weighted by Crippen LogP contribution is -2.41. The van der Waals surface area contributed by atoms with Crippen LogP contribution in [0.2, 0.25) is 0 Å². The molecule has 0 unspecified atom stereocenters. The number of halogens is 1. The molecule has 0 amide bonds. The Balaban J connectivity index is 2.94. The van der Waals surface area contributed by atoms with Gasteiger partial charge in [-0.1, -0.05) is 6.92 Å². The number of hydrogen-bond acceptors (Lipinski definition) is 3. The van der Waals surface area contributed by atoms with E-state index >= 15 is 0 Å². The Kier molecular flexibility index (Phi) is 3.03. The molecule has 4 heteroatoms. The third-order valence-corrected chi connectivity index (χ3v) is 2.74. The SMILES string of the molecule is CCC(C)(C)N(C)c1cc(F)ncn1. The zero-order valence-corrected chi connectivity index (χ0v) is 9.08. The van der Waals surface area contributed by atoms with E-state index in [1.165, 1.54) is 12.4 Å². The molecule has 1 rings (SSSR count). The Morgan fingerprint density at radius 3 is 2.57 bits per heavy atom. The van der Waals surface area contributed by atoms with Crippen LogP contribution >= 0.6 is 0 Å². The lowest BCUT2D eigenvalue weighted by Gasteiger charge is -2.35. The highest BCUT2D eigenvalue weighted by atomic mass is 19.1. The zero-order chi connectivity index (χ0) is 10.8. The van der Waals surface area contributed by atoms with E-state index in [1.54, 1.807) is 0 Å². The van der Waals surface area contributed by atoms with Crippen LogP contribution < -0.4 is 4.90 Å². The van der Waals surface area contributed by atoms with E-state index in [-0.39, 0.29) is 5.54 Å². The maximum absolute atomic E-state index is 12.8. The predicted octanol–water partition coefficient (Wildman–Crippen LogP) is 2.24. The van der Waals surface area contributed by atoms with Crippen LogP contribution in [0.15, 0.2) is 12.4 Å². The number of hydrogen-bond donors (Lipinski definition) is 0. The van der Waals surface area contributed by atoms with Crippen LogP contribution in [0.3, 0.4) is 0 Å². The van der Waals surface area contributed by atoms with Gasteiger partial charge in [0.05, 0.1) is 0 Å². The van der Waals surface area contributed by atoms with Crippen molar-refractivity contribution in [1.29, 1.82) is 0 Å². The van der Waals surface area contributed by atoms with Crippen molar-refractivity contribution >= 4 is 5.82 Å². The summed E-state index contributed by atoms with van der Waals surface area (Å²) in [6.45, 7) is 6.27. The first-order valence-electron chi connectivity index (χ1n) is 4.69. The van der Waals surface area contributed by atoms with E-state index in [2.05, 4.69) is 30.7 Å². The monoisotopic (exact) mass is 197 g/mol. The Labute approximate surface area is 84.0 Å². The van der Waals surface area contributed by atoms with Crippen molar-refractivity contribution in [3.8, 4) is 0 Å². The molecule has 0 saturated carbocycles. The van der Waals surface area contributed by atoms with Gasteiger partial charge in [-0.25, -0.2) is 9.97 Å². The third-order valence-electron chi connectivity index (χ3n) is 2.74. The van der Waals surface area contributed by atoms with Crippen molar-refractivity contribution < 1.29 is 4.39 Å². The maximum Gasteiger partial charge on any atom is 0.218 e. The smallest absolute Gasteiger partial charge is 0.218 e. The highest BCUT2D eigenvalue weighted by molar-refractivity contribution is 5.38. The average Bonchev–Trinajstić information content (AvgIpc) is 2.16. The maximum atomic E-state index is 12.8. The quantitative estimate of drug-likeness (QED) is 0.696. The molecule has 1 aromatic rings. The van der Waals surface area contributed by atoms with Gasteiger partial charge in [-0.2, -0.15) is 4.39 Å². The molecule has 14 heavy (non-hydrogen) atoms. The van der Waals surface area contributed by atoms with E-state index in [0.717, 1.165) is 6.42 Å². The Morgan fingerprint density at radius 1 is 1.43 bits per heavy atom. The Bertz CT molecular complexity index is 312. The van der Waals surface area contributed by atoms with Crippen molar-refractivity contribution in [3.63, 3.8) is 0 Å². The van der Waals surface area contributed by atoms with Crippen molar-refractivity contribution in [2.45, 2.75) is 32.7 Å². The van der Waals surface area contributed by atoms with Gasteiger partial charge in [0.15, 0.2) is 0 Å². The molecule has 0 atom stereocenters. The fourth-order valence-corrected chi connectivity index (χ4v) is 1.05. The summed E-state index contributed by atoms with van der Waals surface area (Å²) in [4.78, 5) is 9.41. The standard InChI is InChI=1S/C10H16FN3/c1-5-10(2,3)14(4)9-6-8(11)12-7-13-9/h6-7H,5H2,1-4H3. The molecule has 0 aromatic carbocycles. The van der Waals surface area contributed by atoms with Crippen molar-refractivity contribution in [2.24, 2.45) is 0 Å². The van der Waals surface area contributed by atoms with Crippen LogP contribution in [0.25, 0.3) is 0 Å². The molecule has 0 aliphatic heterocycles. The molecule has 0 aliphatic rings. The first kappa shape index (κ1) is 10.9. The van der Waals surface area contributed by atoms with Crippen LogP contribution in [0.4, 0.5) is 10.2 Å². The van der Waals surface area contributed by atoms with Crippen LogP contribution in [-0.2, 0) is 0 Å². The number of aromatic nitrogens is 2. The molecule has 0 radical (unpaired) electrons. The number of nitrogens with zero attached hydrogens (tertiary/aromatic N) is 3. The highest BCUT2D eigenvalue weighted by Crippen LogP contribution is 2.22. The fourth-order valence-electron chi connectivity index (χ4n) is 1.05. The predicted molar refractivity (Wildman–Crippen MR) is 54.8 cm³/mol. The first-order chi connectivity index (χ1) is 6.47. The Hall–Kier alpha value is -1.19. The molecule has 3 nitrogen and oxygen atoms in total. The van der Waals surface area contributed by atoms with Gasteiger partial charge in [-0.3, -0.25) is 0 Å². The summed E-state index contributed by atoms with van der Waals surface area (Å²) in [7, 11) is 1.91.